The number of anilines is 3. The van der Waals surface area contributed by atoms with Crippen LogP contribution in [-0.2, 0) is 0 Å². The Bertz CT molecular complexity index is 1300. The standard InChI is InChI=1S/C23H14ClNO2S/c24-20-21(18-11-12-19-17(13-14-28-19)22(18)27-23(20)26)25(15-7-3-1-4-8-15)16-9-5-2-6-10-16/h1-14H. The normalized spacial score (nSPS) is 11.2. The molecule has 0 aliphatic carbocycles. The minimum Gasteiger partial charge on any atom is -0.421 e. The van der Waals surface area contributed by atoms with Crippen LogP contribution in [0.25, 0.3) is 21.1 Å². The van der Waals surface area contributed by atoms with Crippen LogP contribution in [0.2, 0.25) is 5.02 Å². The van der Waals surface area contributed by atoms with Gasteiger partial charge in [0.15, 0.2) is 5.02 Å². The lowest BCUT2D eigenvalue weighted by molar-refractivity contribution is 0.565. The molecule has 2 heterocycles. The number of rotatable bonds is 3. The Morgan fingerprint density at radius 2 is 1.43 bits per heavy atom. The van der Waals surface area contributed by atoms with Gasteiger partial charge in [-0.2, -0.15) is 0 Å². The molecule has 0 bridgehead atoms. The molecule has 28 heavy (non-hydrogen) atoms. The minimum atomic E-state index is -0.542. The summed E-state index contributed by atoms with van der Waals surface area (Å²) in [6.07, 6.45) is 0. The van der Waals surface area contributed by atoms with Crippen LogP contribution in [0.5, 0.6) is 0 Å². The van der Waals surface area contributed by atoms with Crippen molar-refractivity contribution >= 4 is 61.1 Å². The van der Waals surface area contributed by atoms with Crippen molar-refractivity contribution < 1.29 is 4.42 Å². The Morgan fingerprint density at radius 3 is 2.07 bits per heavy atom. The molecule has 0 aliphatic heterocycles. The molecule has 0 aliphatic rings. The van der Waals surface area contributed by atoms with Gasteiger partial charge < -0.3 is 9.32 Å². The molecule has 3 aromatic carbocycles. The fraction of sp³-hybridized carbons (Fsp3) is 0. The largest absolute Gasteiger partial charge is 0.421 e. The van der Waals surface area contributed by atoms with Crippen molar-refractivity contribution in [3.63, 3.8) is 0 Å². The first-order chi connectivity index (χ1) is 13.7. The van der Waals surface area contributed by atoms with Gasteiger partial charge in [0, 0.05) is 26.8 Å². The van der Waals surface area contributed by atoms with E-state index < -0.39 is 5.63 Å². The highest BCUT2D eigenvalue weighted by Crippen LogP contribution is 2.43. The van der Waals surface area contributed by atoms with Crippen LogP contribution in [-0.4, -0.2) is 0 Å². The Kier molecular flexibility index (Phi) is 4.15. The average Bonchev–Trinajstić information content (AvgIpc) is 3.22. The average molecular weight is 404 g/mol. The van der Waals surface area contributed by atoms with Crippen LogP contribution in [0.4, 0.5) is 17.1 Å². The number of halogens is 1. The number of nitrogens with zero attached hydrogens (tertiary/aromatic N) is 1. The highest BCUT2D eigenvalue weighted by Gasteiger charge is 2.23. The number of hydrogen-bond donors (Lipinski definition) is 0. The lowest BCUT2D eigenvalue weighted by Crippen LogP contribution is -2.14. The van der Waals surface area contributed by atoms with Crippen LogP contribution in [0.3, 0.4) is 0 Å². The molecule has 3 nitrogen and oxygen atoms in total. The second-order valence-electron chi connectivity index (χ2n) is 6.33. The van der Waals surface area contributed by atoms with Gasteiger partial charge in [-0.15, -0.1) is 11.3 Å². The van der Waals surface area contributed by atoms with E-state index in [-0.39, 0.29) is 5.02 Å². The molecule has 5 heteroatoms. The first-order valence-electron chi connectivity index (χ1n) is 8.77. The zero-order chi connectivity index (χ0) is 19.1. The van der Waals surface area contributed by atoms with Gasteiger partial charge in [0.2, 0.25) is 0 Å². The van der Waals surface area contributed by atoms with Crippen molar-refractivity contribution in [3.05, 3.63) is 99.7 Å². The van der Waals surface area contributed by atoms with Gasteiger partial charge in [-0.1, -0.05) is 48.0 Å². The van der Waals surface area contributed by atoms with Crippen LogP contribution in [0, 0.1) is 0 Å². The Labute approximate surface area is 170 Å². The second kappa shape index (κ2) is 6.82. The lowest BCUT2D eigenvalue weighted by atomic mass is 10.1. The molecule has 0 amide bonds. The summed E-state index contributed by atoms with van der Waals surface area (Å²) in [4.78, 5) is 14.7. The number of para-hydroxylation sites is 2. The van der Waals surface area contributed by atoms with Crippen LogP contribution in [0.1, 0.15) is 0 Å². The summed E-state index contributed by atoms with van der Waals surface area (Å²) < 4.78 is 6.68. The molecular formula is C23H14ClNO2S. The van der Waals surface area contributed by atoms with Gasteiger partial charge in [0.05, 0.1) is 5.69 Å². The minimum absolute atomic E-state index is 0.0646. The Hall–Kier alpha value is -3.08. The predicted molar refractivity (Wildman–Crippen MR) is 118 cm³/mol. The summed E-state index contributed by atoms with van der Waals surface area (Å²) in [7, 11) is 0. The highest BCUT2D eigenvalue weighted by molar-refractivity contribution is 7.17. The van der Waals surface area contributed by atoms with E-state index in [0.29, 0.717) is 11.3 Å². The number of fused-ring (bicyclic) bond motifs is 3. The molecule has 5 rings (SSSR count). The molecule has 0 atom stereocenters. The van der Waals surface area contributed by atoms with Gasteiger partial charge in [-0.25, -0.2) is 4.79 Å². The number of hydrogen-bond acceptors (Lipinski definition) is 4. The Balaban J connectivity index is 1.91. The number of benzene rings is 3. The SMILES string of the molecule is O=c1oc2c(ccc3sccc32)c(N(c2ccccc2)c2ccccc2)c1Cl. The van der Waals surface area contributed by atoms with Crippen LogP contribution >= 0.6 is 22.9 Å². The zero-order valence-electron chi connectivity index (χ0n) is 14.6. The highest BCUT2D eigenvalue weighted by atomic mass is 35.5. The van der Waals surface area contributed by atoms with E-state index in [1.807, 2.05) is 89.1 Å². The zero-order valence-corrected chi connectivity index (χ0v) is 16.2. The molecule has 0 spiro atoms. The third-order valence-corrected chi connectivity index (χ3v) is 5.89. The van der Waals surface area contributed by atoms with Crippen molar-refractivity contribution in [1.29, 1.82) is 0 Å². The van der Waals surface area contributed by atoms with Crippen molar-refractivity contribution in [1.82, 2.24) is 0 Å². The summed E-state index contributed by atoms with van der Waals surface area (Å²) in [5, 5.41) is 3.77. The summed E-state index contributed by atoms with van der Waals surface area (Å²) in [5.41, 5.74) is 2.46. The topological polar surface area (TPSA) is 33.5 Å². The lowest BCUT2D eigenvalue weighted by Gasteiger charge is -2.27. The molecule has 0 saturated carbocycles. The van der Waals surface area contributed by atoms with Crippen LogP contribution in [0.15, 0.2) is 93.5 Å². The first kappa shape index (κ1) is 17.0. The molecule has 0 radical (unpaired) electrons. The summed E-state index contributed by atoms with van der Waals surface area (Å²) >= 11 is 8.16. The first-order valence-corrected chi connectivity index (χ1v) is 10.0. The van der Waals surface area contributed by atoms with Gasteiger partial charge in [-0.3, -0.25) is 0 Å². The maximum absolute atomic E-state index is 12.7. The fourth-order valence-electron chi connectivity index (χ4n) is 3.45. The van der Waals surface area contributed by atoms with Crippen molar-refractivity contribution in [2.45, 2.75) is 0 Å². The van der Waals surface area contributed by atoms with Crippen molar-refractivity contribution in [3.8, 4) is 0 Å². The molecule has 2 aromatic heterocycles. The monoisotopic (exact) mass is 403 g/mol. The number of thiophene rings is 1. The molecular weight excluding hydrogens is 390 g/mol. The van der Waals surface area contributed by atoms with Gasteiger partial charge in [0.1, 0.15) is 5.58 Å². The molecule has 0 N–H and O–H groups in total. The van der Waals surface area contributed by atoms with E-state index in [2.05, 4.69) is 0 Å². The van der Waals surface area contributed by atoms with E-state index in [0.717, 1.165) is 26.8 Å². The maximum Gasteiger partial charge on any atom is 0.357 e. The van der Waals surface area contributed by atoms with Crippen LogP contribution < -0.4 is 10.5 Å². The van der Waals surface area contributed by atoms with E-state index in [1.54, 1.807) is 11.3 Å². The van der Waals surface area contributed by atoms with Crippen molar-refractivity contribution in [2.24, 2.45) is 0 Å². The summed E-state index contributed by atoms with van der Waals surface area (Å²) in [6, 6.07) is 25.7. The maximum atomic E-state index is 12.7. The van der Waals surface area contributed by atoms with Crippen molar-refractivity contribution in [2.75, 3.05) is 4.90 Å². The Morgan fingerprint density at radius 1 is 0.786 bits per heavy atom. The molecule has 136 valence electrons. The van der Waals surface area contributed by atoms with Gasteiger partial charge in [0.25, 0.3) is 0 Å². The smallest absolute Gasteiger partial charge is 0.357 e. The molecule has 0 unspecified atom stereocenters. The summed E-state index contributed by atoms with van der Waals surface area (Å²) in [6.45, 7) is 0. The van der Waals surface area contributed by atoms with E-state index in [4.69, 9.17) is 16.0 Å². The molecule has 0 fully saturated rings. The van der Waals surface area contributed by atoms with E-state index in [1.165, 1.54) is 0 Å². The third-order valence-electron chi connectivity index (χ3n) is 4.68. The van der Waals surface area contributed by atoms with Gasteiger partial charge >= 0.3 is 5.63 Å². The van der Waals surface area contributed by atoms with Gasteiger partial charge in [-0.05, 0) is 47.8 Å². The molecule has 5 aromatic rings. The summed E-state index contributed by atoms with van der Waals surface area (Å²) in [5.74, 6) is 0. The fourth-order valence-corrected chi connectivity index (χ4v) is 4.46. The molecule has 0 saturated heterocycles. The second-order valence-corrected chi connectivity index (χ2v) is 7.66. The van der Waals surface area contributed by atoms with E-state index in [9.17, 15) is 4.79 Å². The third kappa shape index (κ3) is 2.70. The van der Waals surface area contributed by atoms with E-state index >= 15 is 0 Å². The predicted octanol–water partition coefficient (Wildman–Crippen LogP) is 7.13. The quantitative estimate of drug-likeness (QED) is 0.300.